The first-order chi connectivity index (χ1) is 11.9. The van der Waals surface area contributed by atoms with Crippen molar-refractivity contribution < 1.29 is 28.2 Å². The predicted molar refractivity (Wildman–Crippen MR) is 88.5 cm³/mol. The van der Waals surface area contributed by atoms with Crippen LogP contribution < -0.4 is 15.4 Å². The summed E-state index contributed by atoms with van der Waals surface area (Å²) in [5, 5.41) is 14.4. The Hall–Kier alpha value is -2.09. The number of amides is 2. The number of halogens is 3. The Morgan fingerprint density at radius 3 is 2.56 bits per heavy atom. The number of aliphatic carboxylic acids is 1. The number of alkyl halides is 2. The molecule has 2 amide bonds. The standard InChI is InChI=1S/C16H19ClF2N2O4/c17-11-2-1-3-12(14(11)25-8-13(18)19)21-16(24)20-10-6-4-9(5-7-10)15(22)23/h1-3,9-10,13H,4-8H2,(H,22,23)(H2,20,21,24). The molecule has 1 aliphatic rings. The normalized spacial score (nSPS) is 20.2. The zero-order chi connectivity index (χ0) is 18.4. The van der Waals surface area contributed by atoms with Crippen LogP contribution >= 0.6 is 11.6 Å². The highest BCUT2D eigenvalue weighted by Gasteiger charge is 2.27. The van der Waals surface area contributed by atoms with Gasteiger partial charge in [0.05, 0.1) is 16.6 Å². The van der Waals surface area contributed by atoms with Crippen molar-refractivity contribution in [1.82, 2.24) is 5.32 Å². The van der Waals surface area contributed by atoms with Crippen LogP contribution in [0.25, 0.3) is 0 Å². The van der Waals surface area contributed by atoms with Gasteiger partial charge < -0.3 is 20.5 Å². The largest absolute Gasteiger partial charge is 0.484 e. The number of anilines is 1. The molecule has 0 unspecified atom stereocenters. The van der Waals surface area contributed by atoms with E-state index >= 15 is 0 Å². The topological polar surface area (TPSA) is 87.7 Å². The van der Waals surface area contributed by atoms with E-state index in [1.807, 2.05) is 0 Å². The molecule has 1 aromatic rings. The Labute approximate surface area is 148 Å². The molecule has 0 saturated heterocycles. The number of carbonyl (C=O) groups is 2. The average Bonchev–Trinajstić information content (AvgIpc) is 2.54. The lowest BCUT2D eigenvalue weighted by molar-refractivity contribution is -0.142. The monoisotopic (exact) mass is 376 g/mol. The maximum Gasteiger partial charge on any atom is 0.319 e. The van der Waals surface area contributed by atoms with Crippen LogP contribution in [0.3, 0.4) is 0 Å². The minimum atomic E-state index is -2.66. The van der Waals surface area contributed by atoms with E-state index in [2.05, 4.69) is 10.6 Å². The van der Waals surface area contributed by atoms with Gasteiger partial charge in [0.2, 0.25) is 0 Å². The van der Waals surface area contributed by atoms with Crippen molar-refractivity contribution in [3.05, 3.63) is 23.2 Å². The van der Waals surface area contributed by atoms with E-state index in [1.165, 1.54) is 12.1 Å². The van der Waals surface area contributed by atoms with Gasteiger partial charge in [-0.3, -0.25) is 4.79 Å². The minimum Gasteiger partial charge on any atom is -0.484 e. The average molecular weight is 377 g/mol. The molecule has 0 radical (unpaired) electrons. The fourth-order valence-corrected chi connectivity index (χ4v) is 2.96. The molecule has 0 spiro atoms. The SMILES string of the molecule is O=C(Nc1cccc(Cl)c1OCC(F)F)NC1CCC(C(=O)O)CC1. The quantitative estimate of drug-likeness (QED) is 0.705. The first-order valence-electron chi connectivity index (χ1n) is 7.86. The zero-order valence-electron chi connectivity index (χ0n) is 13.3. The molecule has 0 bridgehead atoms. The summed E-state index contributed by atoms with van der Waals surface area (Å²) in [4.78, 5) is 23.0. The Kier molecular flexibility index (Phi) is 6.81. The summed E-state index contributed by atoms with van der Waals surface area (Å²) in [5.74, 6) is -1.21. The van der Waals surface area contributed by atoms with Crippen molar-refractivity contribution in [2.75, 3.05) is 11.9 Å². The predicted octanol–water partition coefficient (Wildman–Crippen LogP) is 3.75. The third-order valence-corrected chi connectivity index (χ3v) is 4.28. The van der Waals surface area contributed by atoms with E-state index in [0.29, 0.717) is 25.7 Å². The molecule has 0 heterocycles. The van der Waals surface area contributed by atoms with E-state index in [-0.39, 0.29) is 28.4 Å². The van der Waals surface area contributed by atoms with Crippen LogP contribution in [0.5, 0.6) is 5.75 Å². The van der Waals surface area contributed by atoms with Crippen LogP contribution in [0, 0.1) is 5.92 Å². The van der Waals surface area contributed by atoms with Gasteiger partial charge in [0.25, 0.3) is 6.43 Å². The molecule has 0 aromatic heterocycles. The number of carbonyl (C=O) groups excluding carboxylic acids is 1. The van der Waals surface area contributed by atoms with Crippen LogP contribution in [0.2, 0.25) is 5.02 Å². The number of hydrogen-bond acceptors (Lipinski definition) is 3. The Morgan fingerprint density at radius 2 is 1.96 bits per heavy atom. The van der Waals surface area contributed by atoms with Crippen molar-refractivity contribution >= 4 is 29.3 Å². The fraction of sp³-hybridized carbons (Fsp3) is 0.500. The molecule has 1 aromatic carbocycles. The zero-order valence-corrected chi connectivity index (χ0v) is 14.1. The number of benzene rings is 1. The molecule has 1 aliphatic carbocycles. The maximum atomic E-state index is 12.3. The van der Waals surface area contributed by atoms with E-state index in [9.17, 15) is 18.4 Å². The summed E-state index contributed by atoms with van der Waals surface area (Å²) in [6, 6.07) is 3.86. The highest BCUT2D eigenvalue weighted by molar-refractivity contribution is 6.32. The van der Waals surface area contributed by atoms with Crippen LogP contribution in [-0.4, -0.2) is 36.2 Å². The van der Waals surface area contributed by atoms with Crippen molar-refractivity contribution in [3.63, 3.8) is 0 Å². The summed E-state index contributed by atoms with van der Waals surface area (Å²) < 4.78 is 29.6. The molecular formula is C16H19ClF2N2O4. The Bertz CT molecular complexity index is 622. The third kappa shape index (κ3) is 5.74. The number of nitrogens with one attached hydrogen (secondary N) is 2. The van der Waals surface area contributed by atoms with Crippen molar-refractivity contribution in [2.24, 2.45) is 5.92 Å². The molecule has 0 atom stereocenters. The van der Waals surface area contributed by atoms with Crippen LogP contribution in [0.1, 0.15) is 25.7 Å². The van der Waals surface area contributed by atoms with Gasteiger partial charge in [-0.2, -0.15) is 0 Å². The summed E-state index contributed by atoms with van der Waals surface area (Å²) in [7, 11) is 0. The van der Waals surface area contributed by atoms with Crippen LogP contribution in [0.4, 0.5) is 19.3 Å². The molecule has 138 valence electrons. The molecule has 25 heavy (non-hydrogen) atoms. The van der Waals surface area contributed by atoms with Crippen LogP contribution in [0.15, 0.2) is 18.2 Å². The van der Waals surface area contributed by atoms with Gasteiger partial charge in [0.1, 0.15) is 6.61 Å². The van der Waals surface area contributed by atoms with Crippen molar-refractivity contribution in [3.8, 4) is 5.75 Å². The van der Waals surface area contributed by atoms with E-state index in [4.69, 9.17) is 21.4 Å². The molecule has 3 N–H and O–H groups in total. The molecule has 9 heteroatoms. The van der Waals surface area contributed by atoms with Crippen LogP contribution in [-0.2, 0) is 4.79 Å². The number of carboxylic acids is 1. The molecule has 0 aliphatic heterocycles. The van der Waals surface area contributed by atoms with E-state index in [1.54, 1.807) is 6.07 Å². The first kappa shape index (κ1) is 19.2. The summed E-state index contributed by atoms with van der Waals surface area (Å²) in [6.07, 6.45) is -0.536. The first-order valence-corrected chi connectivity index (χ1v) is 8.24. The van der Waals surface area contributed by atoms with Gasteiger partial charge in [-0.25, -0.2) is 13.6 Å². The van der Waals surface area contributed by atoms with E-state index in [0.717, 1.165) is 0 Å². The lowest BCUT2D eigenvalue weighted by atomic mass is 9.86. The maximum absolute atomic E-state index is 12.3. The molecule has 1 saturated carbocycles. The lowest BCUT2D eigenvalue weighted by Crippen LogP contribution is -2.41. The number of hydrogen-bond donors (Lipinski definition) is 3. The third-order valence-electron chi connectivity index (χ3n) is 3.98. The Morgan fingerprint density at radius 1 is 1.28 bits per heavy atom. The van der Waals surface area contributed by atoms with E-state index < -0.39 is 25.0 Å². The second kappa shape index (κ2) is 8.84. The second-order valence-electron chi connectivity index (χ2n) is 5.80. The number of para-hydroxylation sites is 1. The van der Waals surface area contributed by atoms with Gasteiger partial charge >= 0.3 is 12.0 Å². The molecule has 1 fully saturated rings. The summed E-state index contributed by atoms with van der Waals surface area (Å²) >= 11 is 5.94. The van der Waals surface area contributed by atoms with Gasteiger partial charge in [-0.15, -0.1) is 0 Å². The van der Waals surface area contributed by atoms with Gasteiger partial charge in [-0.1, -0.05) is 17.7 Å². The number of carboxylic acid groups (broad SMARTS) is 1. The highest BCUT2D eigenvalue weighted by Crippen LogP contribution is 2.33. The molecule has 2 rings (SSSR count). The molecule has 6 nitrogen and oxygen atoms in total. The summed E-state index contributed by atoms with van der Waals surface area (Å²) in [5.41, 5.74) is 0.185. The van der Waals surface area contributed by atoms with Gasteiger partial charge in [-0.05, 0) is 37.8 Å². The smallest absolute Gasteiger partial charge is 0.319 e. The highest BCUT2D eigenvalue weighted by atomic mass is 35.5. The number of urea groups is 1. The number of ether oxygens (including phenoxy) is 1. The van der Waals surface area contributed by atoms with Crippen molar-refractivity contribution in [2.45, 2.75) is 38.2 Å². The van der Waals surface area contributed by atoms with Gasteiger partial charge in [0.15, 0.2) is 5.75 Å². The Balaban J connectivity index is 1.92. The van der Waals surface area contributed by atoms with Gasteiger partial charge in [0, 0.05) is 6.04 Å². The second-order valence-corrected chi connectivity index (χ2v) is 6.21. The molecular weight excluding hydrogens is 358 g/mol. The van der Waals surface area contributed by atoms with Crippen molar-refractivity contribution in [1.29, 1.82) is 0 Å². The number of rotatable bonds is 6. The lowest BCUT2D eigenvalue weighted by Gasteiger charge is -2.27. The minimum absolute atomic E-state index is 0.0193. The fourth-order valence-electron chi connectivity index (χ4n) is 2.73. The summed E-state index contributed by atoms with van der Waals surface area (Å²) in [6.45, 7) is -0.834.